The van der Waals surface area contributed by atoms with E-state index in [0.717, 1.165) is 42.9 Å². The molecule has 0 saturated carbocycles. The SMILES string of the molecule is Cc1cc(C(CCc2ccc3c(c2)CCO3)NN)co1. The molecule has 1 aromatic heterocycles. The van der Waals surface area contributed by atoms with Gasteiger partial charge in [0.15, 0.2) is 0 Å². The van der Waals surface area contributed by atoms with Gasteiger partial charge in [0.25, 0.3) is 0 Å². The second-order valence-corrected chi connectivity index (χ2v) is 5.29. The fraction of sp³-hybridized carbons (Fsp3) is 0.375. The van der Waals surface area contributed by atoms with Crippen LogP contribution >= 0.6 is 0 Å². The predicted octanol–water partition coefficient (Wildman–Crippen LogP) is 2.66. The molecule has 0 saturated heterocycles. The fourth-order valence-electron chi connectivity index (χ4n) is 2.70. The van der Waals surface area contributed by atoms with Crippen molar-refractivity contribution in [3.05, 3.63) is 53.0 Å². The van der Waals surface area contributed by atoms with Crippen LogP contribution < -0.4 is 16.0 Å². The molecule has 0 bridgehead atoms. The molecule has 1 atom stereocenters. The molecule has 0 spiro atoms. The van der Waals surface area contributed by atoms with Crippen LogP contribution in [0.4, 0.5) is 0 Å². The highest BCUT2D eigenvalue weighted by atomic mass is 16.5. The Hall–Kier alpha value is -1.78. The van der Waals surface area contributed by atoms with Crippen molar-refractivity contribution in [2.24, 2.45) is 5.84 Å². The van der Waals surface area contributed by atoms with Crippen molar-refractivity contribution >= 4 is 0 Å². The molecule has 1 aromatic carbocycles. The first-order valence-corrected chi connectivity index (χ1v) is 7.02. The summed E-state index contributed by atoms with van der Waals surface area (Å²) in [5.74, 6) is 7.60. The summed E-state index contributed by atoms with van der Waals surface area (Å²) in [6, 6.07) is 8.61. The molecule has 2 heterocycles. The van der Waals surface area contributed by atoms with Crippen LogP contribution in [0.3, 0.4) is 0 Å². The summed E-state index contributed by atoms with van der Waals surface area (Å²) in [6.45, 7) is 2.75. The Morgan fingerprint density at radius 2 is 2.25 bits per heavy atom. The lowest BCUT2D eigenvalue weighted by Crippen LogP contribution is -2.28. The summed E-state index contributed by atoms with van der Waals surface area (Å²) in [7, 11) is 0. The van der Waals surface area contributed by atoms with Gasteiger partial charge >= 0.3 is 0 Å². The number of hydrogen-bond acceptors (Lipinski definition) is 4. The first kappa shape index (κ1) is 13.2. The number of hydrogen-bond donors (Lipinski definition) is 2. The number of nitrogens with one attached hydrogen (secondary N) is 1. The number of fused-ring (bicyclic) bond motifs is 1. The third-order valence-electron chi connectivity index (χ3n) is 3.83. The third-order valence-corrected chi connectivity index (χ3v) is 3.83. The van der Waals surface area contributed by atoms with Gasteiger partial charge < -0.3 is 9.15 Å². The topological polar surface area (TPSA) is 60.4 Å². The van der Waals surface area contributed by atoms with E-state index >= 15 is 0 Å². The number of rotatable bonds is 5. The Bertz CT molecular complexity index is 592. The van der Waals surface area contributed by atoms with Gasteiger partial charge in [0.2, 0.25) is 0 Å². The number of furan rings is 1. The first-order valence-electron chi connectivity index (χ1n) is 7.02. The van der Waals surface area contributed by atoms with Gasteiger partial charge in [-0.05, 0) is 43.0 Å². The van der Waals surface area contributed by atoms with E-state index in [1.807, 2.05) is 13.0 Å². The fourth-order valence-corrected chi connectivity index (χ4v) is 2.70. The Morgan fingerprint density at radius 3 is 3.00 bits per heavy atom. The minimum absolute atomic E-state index is 0.122. The summed E-state index contributed by atoms with van der Waals surface area (Å²) >= 11 is 0. The van der Waals surface area contributed by atoms with E-state index in [2.05, 4.69) is 23.6 Å². The quantitative estimate of drug-likeness (QED) is 0.649. The van der Waals surface area contributed by atoms with Gasteiger partial charge in [0.1, 0.15) is 11.5 Å². The van der Waals surface area contributed by atoms with Crippen LogP contribution in [0.5, 0.6) is 5.75 Å². The number of aryl methyl sites for hydroxylation is 2. The van der Waals surface area contributed by atoms with E-state index in [1.54, 1.807) is 6.26 Å². The molecule has 1 aliphatic rings. The van der Waals surface area contributed by atoms with E-state index < -0.39 is 0 Å². The summed E-state index contributed by atoms with van der Waals surface area (Å²) in [6.07, 6.45) is 4.71. The van der Waals surface area contributed by atoms with Gasteiger partial charge in [-0.1, -0.05) is 12.1 Å². The summed E-state index contributed by atoms with van der Waals surface area (Å²) in [5.41, 5.74) is 6.62. The van der Waals surface area contributed by atoms with E-state index in [4.69, 9.17) is 15.0 Å². The predicted molar refractivity (Wildman–Crippen MR) is 77.5 cm³/mol. The van der Waals surface area contributed by atoms with Gasteiger partial charge in [0.05, 0.1) is 12.9 Å². The third kappa shape index (κ3) is 2.71. The molecule has 4 nitrogen and oxygen atoms in total. The highest BCUT2D eigenvalue weighted by Gasteiger charge is 2.15. The summed E-state index contributed by atoms with van der Waals surface area (Å²) < 4.78 is 10.9. The highest BCUT2D eigenvalue weighted by Crippen LogP contribution is 2.27. The molecule has 0 amide bonds. The van der Waals surface area contributed by atoms with Crippen LogP contribution in [-0.2, 0) is 12.8 Å². The Balaban J connectivity index is 1.66. The van der Waals surface area contributed by atoms with Crippen molar-refractivity contribution in [2.75, 3.05) is 6.61 Å². The van der Waals surface area contributed by atoms with E-state index in [-0.39, 0.29) is 6.04 Å². The lowest BCUT2D eigenvalue weighted by Gasteiger charge is -2.14. The second kappa shape index (κ2) is 5.69. The first-order chi connectivity index (χ1) is 9.76. The van der Waals surface area contributed by atoms with Gasteiger partial charge in [-0.3, -0.25) is 11.3 Å². The second-order valence-electron chi connectivity index (χ2n) is 5.29. The molecule has 106 valence electrons. The van der Waals surface area contributed by atoms with E-state index in [0.29, 0.717) is 0 Å². The van der Waals surface area contributed by atoms with Crippen molar-refractivity contribution in [2.45, 2.75) is 32.2 Å². The zero-order chi connectivity index (χ0) is 13.9. The Kier molecular flexibility index (Phi) is 3.76. The van der Waals surface area contributed by atoms with Gasteiger partial charge in [-0.25, -0.2) is 0 Å². The van der Waals surface area contributed by atoms with Crippen molar-refractivity contribution in [3.63, 3.8) is 0 Å². The molecule has 2 aromatic rings. The largest absolute Gasteiger partial charge is 0.493 e. The average molecular weight is 272 g/mol. The minimum Gasteiger partial charge on any atom is -0.493 e. The minimum atomic E-state index is 0.122. The van der Waals surface area contributed by atoms with Crippen LogP contribution in [0.15, 0.2) is 34.9 Å². The molecule has 20 heavy (non-hydrogen) atoms. The molecule has 1 unspecified atom stereocenters. The van der Waals surface area contributed by atoms with Crippen LogP contribution in [0.25, 0.3) is 0 Å². The maximum Gasteiger partial charge on any atom is 0.122 e. The van der Waals surface area contributed by atoms with Crippen LogP contribution in [0.1, 0.15) is 34.9 Å². The van der Waals surface area contributed by atoms with Gasteiger partial charge in [-0.15, -0.1) is 0 Å². The van der Waals surface area contributed by atoms with Crippen LogP contribution in [-0.4, -0.2) is 6.61 Å². The lowest BCUT2D eigenvalue weighted by molar-refractivity contribution is 0.357. The maximum atomic E-state index is 5.66. The van der Waals surface area contributed by atoms with Gasteiger partial charge in [0, 0.05) is 18.0 Å². The zero-order valence-electron chi connectivity index (χ0n) is 11.7. The summed E-state index contributed by atoms with van der Waals surface area (Å²) in [5, 5.41) is 0. The molecular formula is C16H20N2O2. The smallest absolute Gasteiger partial charge is 0.122 e. The number of hydrazine groups is 1. The highest BCUT2D eigenvalue weighted by molar-refractivity contribution is 5.39. The number of nitrogens with two attached hydrogens (primary N) is 1. The monoisotopic (exact) mass is 272 g/mol. The van der Waals surface area contributed by atoms with Crippen LogP contribution in [0, 0.1) is 6.92 Å². The lowest BCUT2D eigenvalue weighted by atomic mass is 9.99. The normalized spacial score (nSPS) is 14.9. The zero-order valence-corrected chi connectivity index (χ0v) is 11.7. The van der Waals surface area contributed by atoms with Crippen molar-refractivity contribution in [1.82, 2.24) is 5.43 Å². The van der Waals surface area contributed by atoms with Crippen molar-refractivity contribution < 1.29 is 9.15 Å². The molecule has 4 heteroatoms. The van der Waals surface area contributed by atoms with Crippen molar-refractivity contribution in [1.29, 1.82) is 0 Å². The van der Waals surface area contributed by atoms with Crippen molar-refractivity contribution in [3.8, 4) is 5.75 Å². The van der Waals surface area contributed by atoms with E-state index in [1.165, 1.54) is 11.1 Å². The Labute approximate surface area is 118 Å². The van der Waals surface area contributed by atoms with Crippen LogP contribution in [0.2, 0.25) is 0 Å². The molecule has 0 fully saturated rings. The maximum absolute atomic E-state index is 5.66. The average Bonchev–Trinajstić information content (AvgIpc) is 3.08. The standard InChI is InChI=1S/C16H20N2O2/c1-11-8-14(10-20-11)15(18-17)4-2-12-3-5-16-13(9-12)6-7-19-16/h3,5,8-10,15,18H,2,4,6-7,17H2,1H3. The number of ether oxygens (including phenoxy) is 1. The summed E-state index contributed by atoms with van der Waals surface area (Å²) in [4.78, 5) is 0. The van der Waals surface area contributed by atoms with Gasteiger partial charge in [-0.2, -0.15) is 0 Å². The molecule has 3 N–H and O–H groups in total. The molecule has 3 rings (SSSR count). The molecule has 0 aliphatic carbocycles. The molecular weight excluding hydrogens is 252 g/mol. The number of benzene rings is 1. The Morgan fingerprint density at radius 1 is 1.35 bits per heavy atom. The van der Waals surface area contributed by atoms with E-state index in [9.17, 15) is 0 Å². The molecule has 0 radical (unpaired) electrons. The molecule has 1 aliphatic heterocycles.